The number of fused-ring (bicyclic) bond motifs is 1. The lowest BCUT2D eigenvalue weighted by molar-refractivity contribution is 0.206. The molecule has 2 aromatic rings. The summed E-state index contributed by atoms with van der Waals surface area (Å²) in [6, 6.07) is 12.6. The molecular weight excluding hydrogens is 526 g/mol. The number of nitrogens with two attached hydrogens (primary N) is 1. The van der Waals surface area contributed by atoms with Gasteiger partial charge in [-0.2, -0.15) is 20.2 Å². The number of nitrogens with one attached hydrogen (secondary N) is 1. The number of nitrogens with zero attached hydrogens (tertiary/aromatic N) is 1. The molecule has 3 unspecified atom stereocenters. The molecule has 1 aliphatic heterocycles. The second-order valence-electron chi connectivity index (χ2n) is 9.88. The minimum absolute atomic E-state index is 0.0464. The lowest BCUT2D eigenvalue weighted by Gasteiger charge is -2.45. The topological polar surface area (TPSA) is 119 Å². The van der Waals surface area contributed by atoms with Crippen molar-refractivity contribution >= 4 is 54.9 Å². The molecule has 1 heterocycles. The van der Waals surface area contributed by atoms with Gasteiger partial charge in [-0.1, -0.05) is 62.7 Å². The highest BCUT2D eigenvalue weighted by Gasteiger charge is 2.43. The van der Waals surface area contributed by atoms with Gasteiger partial charge in [0.1, 0.15) is 15.6 Å². The van der Waals surface area contributed by atoms with E-state index in [1.54, 1.807) is 0 Å². The number of halogens is 1. The van der Waals surface area contributed by atoms with Crippen LogP contribution in [0.3, 0.4) is 0 Å². The highest BCUT2D eigenvalue weighted by Crippen LogP contribution is 2.49. The molecule has 0 aromatic heterocycles. The second-order valence-corrected chi connectivity index (χ2v) is 15.0. The monoisotopic (exact) mass is 555 g/mol. The molecule has 0 radical (unpaired) electrons. The number of sulfonamides is 2. The molecule has 1 aliphatic carbocycles. The van der Waals surface area contributed by atoms with Gasteiger partial charge in [0, 0.05) is 16.4 Å². The molecule has 0 amide bonds. The van der Waals surface area contributed by atoms with Crippen LogP contribution in [-0.4, -0.2) is 27.4 Å². The predicted molar refractivity (Wildman–Crippen MR) is 143 cm³/mol. The zero-order chi connectivity index (χ0) is 25.6. The van der Waals surface area contributed by atoms with Crippen LogP contribution < -0.4 is 10.5 Å². The molecule has 3 atom stereocenters. The van der Waals surface area contributed by atoms with Gasteiger partial charge in [0.15, 0.2) is 0 Å². The third kappa shape index (κ3) is 5.72. The summed E-state index contributed by atoms with van der Waals surface area (Å²) in [6.07, 6.45) is 2.76. The fraction of sp³-hybridized carbons (Fsp3) is 0.458. The molecule has 4 rings (SSSR count). The molecule has 0 spiro atoms. The van der Waals surface area contributed by atoms with E-state index in [9.17, 15) is 16.8 Å². The van der Waals surface area contributed by atoms with Crippen LogP contribution in [-0.2, 0) is 25.8 Å². The third-order valence-electron chi connectivity index (χ3n) is 6.91. The summed E-state index contributed by atoms with van der Waals surface area (Å²) < 4.78 is 54.1. The van der Waals surface area contributed by atoms with Gasteiger partial charge < -0.3 is 5.32 Å². The number of thioether (sulfide) groups is 1. The van der Waals surface area contributed by atoms with Gasteiger partial charge in [0.25, 0.3) is 10.0 Å². The molecule has 35 heavy (non-hydrogen) atoms. The Balaban J connectivity index is 1.67. The third-order valence-corrected chi connectivity index (χ3v) is 11.2. The maximum atomic E-state index is 13.2. The van der Waals surface area contributed by atoms with Gasteiger partial charge >= 0.3 is 0 Å². The molecule has 190 valence electrons. The summed E-state index contributed by atoms with van der Waals surface area (Å²) in [5.74, 6) is 1.76. The van der Waals surface area contributed by atoms with Crippen LogP contribution in [0.4, 0.5) is 5.69 Å². The summed E-state index contributed by atoms with van der Waals surface area (Å²) in [5.41, 5.74) is 1.48. The van der Waals surface area contributed by atoms with Crippen molar-refractivity contribution in [3.8, 4) is 0 Å². The number of hydrogen-bond donors (Lipinski definition) is 2. The van der Waals surface area contributed by atoms with E-state index in [0.29, 0.717) is 11.8 Å². The fourth-order valence-corrected chi connectivity index (χ4v) is 8.65. The van der Waals surface area contributed by atoms with Gasteiger partial charge in [-0.05, 0) is 48.8 Å². The standard InChI is InChI=1S/C24H30ClN3O4S3/c1-15(2)17-9-10-24(3,33-14-16-7-5-4-6-8-16)13-18(17)23-27-20-11-19(25)21(34(26,29)30)12-22(20)35(31,32)28-23/h4-8,11-12,15,17-18H,9-10,13-14H2,1-3H3,(H,27,28)(H2,26,29,30). The van der Waals surface area contributed by atoms with E-state index >= 15 is 0 Å². The van der Waals surface area contributed by atoms with Crippen molar-refractivity contribution in [3.05, 3.63) is 53.1 Å². The number of hydrogen-bond acceptors (Lipinski definition) is 6. The Hall–Kier alpha value is -1.59. The highest BCUT2D eigenvalue weighted by atomic mass is 35.5. The largest absolute Gasteiger partial charge is 0.342 e. The predicted octanol–water partition coefficient (Wildman–Crippen LogP) is 5.26. The number of amidine groups is 1. The Bertz CT molecular complexity index is 1360. The lowest BCUT2D eigenvalue weighted by atomic mass is 9.69. The van der Waals surface area contributed by atoms with Crippen LogP contribution in [0.1, 0.15) is 45.6 Å². The summed E-state index contributed by atoms with van der Waals surface area (Å²) >= 11 is 8.05. The summed E-state index contributed by atoms with van der Waals surface area (Å²) in [7, 11) is -8.33. The zero-order valence-corrected chi connectivity index (χ0v) is 23.1. The highest BCUT2D eigenvalue weighted by molar-refractivity contribution is 7.99. The van der Waals surface area contributed by atoms with Crippen LogP contribution in [0.15, 0.2) is 56.7 Å². The second kappa shape index (κ2) is 9.70. The molecule has 0 saturated heterocycles. The van der Waals surface area contributed by atoms with Gasteiger partial charge in [-0.15, -0.1) is 4.40 Å². The molecule has 11 heteroatoms. The summed E-state index contributed by atoms with van der Waals surface area (Å²) in [5, 5.41) is 8.25. The van der Waals surface area contributed by atoms with E-state index in [0.717, 1.165) is 31.1 Å². The maximum absolute atomic E-state index is 13.2. The summed E-state index contributed by atoms with van der Waals surface area (Å²) in [6.45, 7) is 6.54. The average Bonchev–Trinajstić information content (AvgIpc) is 2.76. The Morgan fingerprint density at radius 1 is 1.26 bits per heavy atom. The maximum Gasteiger partial charge on any atom is 0.286 e. The zero-order valence-electron chi connectivity index (χ0n) is 19.9. The molecule has 2 aromatic carbocycles. The van der Waals surface area contributed by atoms with E-state index in [2.05, 4.69) is 42.6 Å². The Morgan fingerprint density at radius 3 is 2.57 bits per heavy atom. The van der Waals surface area contributed by atoms with E-state index in [1.165, 1.54) is 11.6 Å². The van der Waals surface area contributed by atoms with Gasteiger partial charge in [0.05, 0.1) is 10.7 Å². The molecule has 3 N–H and O–H groups in total. The Kier molecular flexibility index (Phi) is 7.34. The first-order valence-electron chi connectivity index (χ1n) is 11.5. The molecule has 1 fully saturated rings. The molecular formula is C24H30ClN3O4S3. The quantitative estimate of drug-likeness (QED) is 0.501. The average molecular weight is 556 g/mol. The van der Waals surface area contributed by atoms with E-state index in [4.69, 9.17) is 16.7 Å². The van der Waals surface area contributed by atoms with E-state index < -0.39 is 24.9 Å². The van der Waals surface area contributed by atoms with Crippen LogP contribution in [0.2, 0.25) is 5.02 Å². The number of benzene rings is 2. The van der Waals surface area contributed by atoms with Crippen molar-refractivity contribution in [2.75, 3.05) is 5.32 Å². The van der Waals surface area contributed by atoms with E-state index in [-0.39, 0.29) is 32.2 Å². The van der Waals surface area contributed by atoms with Gasteiger partial charge in [-0.25, -0.2) is 13.6 Å². The van der Waals surface area contributed by atoms with Crippen molar-refractivity contribution in [1.29, 1.82) is 0 Å². The molecule has 0 bridgehead atoms. The first kappa shape index (κ1) is 26.5. The van der Waals surface area contributed by atoms with Crippen molar-refractivity contribution < 1.29 is 16.8 Å². The normalized spacial score (nSPS) is 26.1. The first-order chi connectivity index (χ1) is 16.3. The van der Waals surface area contributed by atoms with Gasteiger partial charge in [0.2, 0.25) is 10.0 Å². The minimum Gasteiger partial charge on any atom is -0.342 e. The minimum atomic E-state index is -4.19. The number of rotatable bonds is 6. The SMILES string of the molecule is CC(C)C1CCC(C)(SCc2ccccc2)CC1C1=NS(=O)(=O)c2cc(S(N)(=O)=O)c(Cl)cc2N1. The van der Waals surface area contributed by atoms with Crippen molar-refractivity contribution in [1.82, 2.24) is 0 Å². The van der Waals surface area contributed by atoms with Crippen LogP contribution in [0, 0.1) is 17.8 Å². The molecule has 7 nitrogen and oxygen atoms in total. The fourth-order valence-electron chi connectivity index (χ4n) is 5.02. The van der Waals surface area contributed by atoms with Gasteiger partial charge in [-0.3, -0.25) is 0 Å². The van der Waals surface area contributed by atoms with Crippen LogP contribution in [0.25, 0.3) is 0 Å². The number of primary sulfonamides is 1. The first-order valence-corrected chi connectivity index (χ1v) is 15.8. The Labute approximate surface area is 217 Å². The van der Waals surface area contributed by atoms with E-state index in [1.807, 2.05) is 30.0 Å². The number of anilines is 1. The smallest absolute Gasteiger partial charge is 0.286 e. The van der Waals surface area contributed by atoms with Crippen molar-refractivity contribution in [2.45, 2.75) is 60.3 Å². The van der Waals surface area contributed by atoms with Crippen LogP contribution >= 0.6 is 23.4 Å². The molecule has 1 saturated carbocycles. The van der Waals surface area contributed by atoms with Crippen molar-refractivity contribution in [2.24, 2.45) is 27.3 Å². The summed E-state index contributed by atoms with van der Waals surface area (Å²) in [4.78, 5) is -0.683. The lowest BCUT2D eigenvalue weighted by Crippen LogP contribution is -2.43. The van der Waals surface area contributed by atoms with Crippen LogP contribution in [0.5, 0.6) is 0 Å². The Morgan fingerprint density at radius 2 is 1.94 bits per heavy atom. The van der Waals surface area contributed by atoms with Crippen molar-refractivity contribution in [3.63, 3.8) is 0 Å². The molecule has 2 aliphatic rings.